The van der Waals surface area contributed by atoms with E-state index in [4.69, 9.17) is 11.6 Å². The van der Waals surface area contributed by atoms with Gasteiger partial charge >= 0.3 is 0 Å². The minimum Gasteiger partial charge on any atom is -0.380 e. The highest BCUT2D eigenvalue weighted by Gasteiger charge is 2.23. The fraction of sp³-hybridized carbons (Fsp3) is 0.600. The Labute approximate surface area is 119 Å². The maximum Gasteiger partial charge on any atom is 0.147 e. The number of piperidine rings is 1. The van der Waals surface area contributed by atoms with E-state index in [1.54, 1.807) is 12.1 Å². The van der Waals surface area contributed by atoms with E-state index in [9.17, 15) is 4.39 Å². The van der Waals surface area contributed by atoms with Crippen molar-refractivity contribution in [1.29, 1.82) is 0 Å². The Kier molecular flexibility index (Phi) is 5.06. The SMILES string of the molecule is CCN1CCC(C(C)Nc2ccc(Cl)cc2F)CC1. The van der Waals surface area contributed by atoms with Crippen LogP contribution in [0.3, 0.4) is 0 Å². The number of nitrogens with one attached hydrogen (secondary N) is 1. The number of anilines is 1. The molecular weight excluding hydrogens is 263 g/mol. The van der Waals surface area contributed by atoms with E-state index in [0.717, 1.165) is 19.6 Å². The largest absolute Gasteiger partial charge is 0.380 e. The van der Waals surface area contributed by atoms with Gasteiger partial charge < -0.3 is 10.2 Å². The first kappa shape index (κ1) is 14.6. The Morgan fingerprint density at radius 3 is 2.68 bits per heavy atom. The molecule has 1 fully saturated rings. The topological polar surface area (TPSA) is 15.3 Å². The van der Waals surface area contributed by atoms with Crippen molar-refractivity contribution < 1.29 is 4.39 Å². The lowest BCUT2D eigenvalue weighted by molar-refractivity contribution is 0.183. The van der Waals surface area contributed by atoms with Crippen molar-refractivity contribution in [2.24, 2.45) is 5.92 Å². The Balaban J connectivity index is 1.92. The molecular formula is C15H22ClFN2. The lowest BCUT2D eigenvalue weighted by Crippen LogP contribution is -2.39. The maximum absolute atomic E-state index is 13.7. The zero-order chi connectivity index (χ0) is 13.8. The minimum atomic E-state index is -0.273. The summed E-state index contributed by atoms with van der Waals surface area (Å²) in [5.41, 5.74) is 0.551. The molecule has 0 aromatic heterocycles. The van der Waals surface area contributed by atoms with Gasteiger partial charge in [0.1, 0.15) is 5.82 Å². The van der Waals surface area contributed by atoms with Crippen LogP contribution in [0.15, 0.2) is 18.2 Å². The Bertz CT molecular complexity index is 417. The molecule has 1 unspecified atom stereocenters. The van der Waals surface area contributed by atoms with Crippen molar-refractivity contribution in [2.75, 3.05) is 25.0 Å². The first-order valence-electron chi connectivity index (χ1n) is 7.04. The third kappa shape index (κ3) is 3.83. The van der Waals surface area contributed by atoms with Crippen LogP contribution < -0.4 is 5.32 Å². The van der Waals surface area contributed by atoms with E-state index in [0.29, 0.717) is 16.6 Å². The molecule has 106 valence electrons. The molecule has 0 radical (unpaired) electrons. The molecule has 1 aliphatic rings. The second-order valence-electron chi connectivity index (χ2n) is 5.33. The number of nitrogens with zero attached hydrogens (tertiary/aromatic N) is 1. The molecule has 1 aromatic carbocycles. The van der Waals surface area contributed by atoms with E-state index in [1.807, 2.05) is 0 Å². The summed E-state index contributed by atoms with van der Waals surface area (Å²) in [7, 11) is 0. The number of rotatable bonds is 4. The lowest BCUT2D eigenvalue weighted by atomic mass is 9.90. The van der Waals surface area contributed by atoms with E-state index in [2.05, 4.69) is 24.1 Å². The van der Waals surface area contributed by atoms with Gasteiger partial charge in [0.2, 0.25) is 0 Å². The molecule has 0 saturated carbocycles. The highest BCUT2D eigenvalue weighted by molar-refractivity contribution is 6.30. The average molecular weight is 285 g/mol. The summed E-state index contributed by atoms with van der Waals surface area (Å²) in [5, 5.41) is 3.72. The molecule has 4 heteroatoms. The molecule has 1 heterocycles. The zero-order valence-corrected chi connectivity index (χ0v) is 12.4. The van der Waals surface area contributed by atoms with Gasteiger partial charge in [-0.3, -0.25) is 0 Å². The standard InChI is InChI=1S/C15H22ClFN2/c1-3-19-8-6-12(7-9-19)11(2)18-15-5-4-13(16)10-14(15)17/h4-5,10-12,18H,3,6-9H2,1-2H3. The molecule has 1 N–H and O–H groups in total. The van der Waals surface area contributed by atoms with E-state index >= 15 is 0 Å². The maximum atomic E-state index is 13.7. The number of hydrogen-bond donors (Lipinski definition) is 1. The van der Waals surface area contributed by atoms with Crippen molar-refractivity contribution in [3.8, 4) is 0 Å². The van der Waals surface area contributed by atoms with Crippen LogP contribution in [0.5, 0.6) is 0 Å². The number of halogens is 2. The number of hydrogen-bond acceptors (Lipinski definition) is 2. The number of likely N-dealkylation sites (tertiary alicyclic amines) is 1. The first-order chi connectivity index (χ1) is 9.10. The third-order valence-corrected chi connectivity index (χ3v) is 4.34. The highest BCUT2D eigenvalue weighted by Crippen LogP contribution is 2.25. The van der Waals surface area contributed by atoms with Gasteiger partial charge in [-0.2, -0.15) is 0 Å². The van der Waals surface area contributed by atoms with Crippen molar-refractivity contribution in [2.45, 2.75) is 32.7 Å². The van der Waals surface area contributed by atoms with Gasteiger partial charge in [-0.1, -0.05) is 18.5 Å². The van der Waals surface area contributed by atoms with Crippen molar-refractivity contribution >= 4 is 17.3 Å². The van der Waals surface area contributed by atoms with Crippen LogP contribution in [-0.2, 0) is 0 Å². The summed E-state index contributed by atoms with van der Waals surface area (Å²) in [6, 6.07) is 5.08. The Morgan fingerprint density at radius 2 is 2.11 bits per heavy atom. The summed E-state index contributed by atoms with van der Waals surface area (Å²) in [6.07, 6.45) is 2.36. The van der Waals surface area contributed by atoms with E-state index in [1.165, 1.54) is 18.9 Å². The van der Waals surface area contributed by atoms with Crippen molar-refractivity contribution in [1.82, 2.24) is 4.90 Å². The van der Waals surface area contributed by atoms with Crippen LogP contribution >= 0.6 is 11.6 Å². The number of benzene rings is 1. The zero-order valence-electron chi connectivity index (χ0n) is 11.6. The van der Waals surface area contributed by atoms with Gasteiger partial charge in [-0.05, 0) is 63.5 Å². The predicted octanol–water partition coefficient (Wildman–Crippen LogP) is 4.01. The Hall–Kier alpha value is -0.800. The quantitative estimate of drug-likeness (QED) is 0.899. The second kappa shape index (κ2) is 6.58. The summed E-state index contributed by atoms with van der Waals surface area (Å²) in [6.45, 7) is 7.76. The van der Waals surface area contributed by atoms with Gasteiger partial charge in [-0.25, -0.2) is 4.39 Å². The van der Waals surface area contributed by atoms with E-state index in [-0.39, 0.29) is 11.9 Å². The monoisotopic (exact) mass is 284 g/mol. The molecule has 1 saturated heterocycles. The van der Waals surface area contributed by atoms with Crippen LogP contribution in [0.2, 0.25) is 5.02 Å². The molecule has 0 bridgehead atoms. The van der Waals surface area contributed by atoms with Gasteiger partial charge in [0, 0.05) is 11.1 Å². The highest BCUT2D eigenvalue weighted by atomic mass is 35.5. The fourth-order valence-electron chi connectivity index (χ4n) is 2.74. The van der Waals surface area contributed by atoms with E-state index < -0.39 is 0 Å². The Morgan fingerprint density at radius 1 is 1.42 bits per heavy atom. The molecule has 1 atom stereocenters. The molecule has 0 spiro atoms. The third-order valence-electron chi connectivity index (χ3n) is 4.10. The normalized spacial score (nSPS) is 19.4. The van der Waals surface area contributed by atoms with Gasteiger partial charge in [-0.15, -0.1) is 0 Å². The summed E-state index contributed by atoms with van der Waals surface area (Å²) in [4.78, 5) is 2.46. The fourth-order valence-corrected chi connectivity index (χ4v) is 2.90. The molecule has 0 amide bonds. The van der Waals surface area contributed by atoms with Crippen molar-refractivity contribution in [3.05, 3.63) is 29.0 Å². The second-order valence-corrected chi connectivity index (χ2v) is 5.77. The van der Waals surface area contributed by atoms with Crippen molar-refractivity contribution in [3.63, 3.8) is 0 Å². The van der Waals surface area contributed by atoms with Crippen LogP contribution in [0.25, 0.3) is 0 Å². The predicted molar refractivity (Wildman–Crippen MR) is 79.3 cm³/mol. The first-order valence-corrected chi connectivity index (χ1v) is 7.42. The minimum absolute atomic E-state index is 0.273. The average Bonchev–Trinajstić information content (AvgIpc) is 2.42. The molecule has 19 heavy (non-hydrogen) atoms. The van der Waals surface area contributed by atoms with Gasteiger partial charge in [0.25, 0.3) is 0 Å². The molecule has 2 nitrogen and oxygen atoms in total. The molecule has 1 aliphatic heterocycles. The van der Waals surface area contributed by atoms with Crippen LogP contribution in [0.1, 0.15) is 26.7 Å². The molecule has 0 aliphatic carbocycles. The molecule has 1 aromatic rings. The van der Waals surface area contributed by atoms with Crippen LogP contribution in [0, 0.1) is 11.7 Å². The van der Waals surface area contributed by atoms with Gasteiger partial charge in [0.15, 0.2) is 0 Å². The summed E-state index contributed by atoms with van der Waals surface area (Å²) in [5.74, 6) is 0.336. The van der Waals surface area contributed by atoms with Gasteiger partial charge in [0.05, 0.1) is 5.69 Å². The lowest BCUT2D eigenvalue weighted by Gasteiger charge is -2.34. The summed E-state index contributed by atoms with van der Waals surface area (Å²) < 4.78 is 13.7. The van der Waals surface area contributed by atoms with Crippen LogP contribution in [0.4, 0.5) is 10.1 Å². The smallest absolute Gasteiger partial charge is 0.147 e. The molecule has 2 rings (SSSR count). The van der Waals surface area contributed by atoms with Crippen LogP contribution in [-0.4, -0.2) is 30.6 Å². The summed E-state index contributed by atoms with van der Waals surface area (Å²) >= 11 is 5.76.